The minimum absolute atomic E-state index is 0.220. The molecule has 7 heteroatoms. The maximum Gasteiger partial charge on any atom is 0.314 e. The van der Waals surface area contributed by atoms with Gasteiger partial charge < -0.3 is 20.3 Å². The van der Waals surface area contributed by atoms with Gasteiger partial charge in [-0.1, -0.05) is 18.0 Å². The summed E-state index contributed by atoms with van der Waals surface area (Å²) in [6.45, 7) is 2.90. The molecule has 0 aliphatic carbocycles. The van der Waals surface area contributed by atoms with Crippen molar-refractivity contribution in [2.45, 2.75) is 32.1 Å². The fourth-order valence-corrected chi connectivity index (χ4v) is 2.80. The lowest BCUT2D eigenvalue weighted by Gasteiger charge is -2.20. The first-order valence-corrected chi connectivity index (χ1v) is 9.21. The fraction of sp³-hybridized carbons (Fsp3) is 0.556. The Morgan fingerprint density at radius 3 is 2.68 bits per heavy atom. The molecule has 138 valence electrons. The summed E-state index contributed by atoms with van der Waals surface area (Å²) >= 11 is 5.80. The van der Waals surface area contributed by atoms with E-state index in [1.165, 1.54) is 0 Å². The molecule has 6 nitrogen and oxygen atoms in total. The second kappa shape index (κ2) is 10.8. The van der Waals surface area contributed by atoms with E-state index in [0.717, 1.165) is 32.2 Å². The predicted octanol–water partition coefficient (Wildman–Crippen LogP) is 2.81. The van der Waals surface area contributed by atoms with Crippen molar-refractivity contribution in [3.63, 3.8) is 0 Å². The Hall–Kier alpha value is -1.95. The van der Waals surface area contributed by atoms with Crippen LogP contribution in [0.15, 0.2) is 24.3 Å². The van der Waals surface area contributed by atoms with Gasteiger partial charge in [0.05, 0.1) is 6.54 Å². The molecule has 1 fully saturated rings. The van der Waals surface area contributed by atoms with Crippen LogP contribution in [0.5, 0.6) is 5.75 Å². The normalized spacial score (nSPS) is 14.8. The highest BCUT2D eigenvalue weighted by molar-refractivity contribution is 6.30. The monoisotopic (exact) mass is 367 g/mol. The van der Waals surface area contributed by atoms with E-state index in [-0.39, 0.29) is 11.9 Å². The van der Waals surface area contributed by atoms with Crippen molar-refractivity contribution in [1.82, 2.24) is 15.5 Å². The standard InChI is InChI=1S/C18H26ClN3O3/c19-15-6-8-16(9-7-15)25-14-11-21-18(24)20-10-4-13-22-12-3-1-2-5-17(22)23/h6-9H,1-5,10-14H2,(H2,20,21,24). The van der Waals surface area contributed by atoms with Crippen LogP contribution < -0.4 is 15.4 Å². The molecule has 0 saturated carbocycles. The van der Waals surface area contributed by atoms with Crippen LogP contribution in [-0.2, 0) is 4.79 Å². The van der Waals surface area contributed by atoms with Gasteiger partial charge in [0, 0.05) is 31.1 Å². The summed E-state index contributed by atoms with van der Waals surface area (Å²) in [4.78, 5) is 25.5. The molecule has 2 N–H and O–H groups in total. The van der Waals surface area contributed by atoms with E-state index in [0.29, 0.717) is 43.4 Å². The van der Waals surface area contributed by atoms with Gasteiger partial charge in [0.2, 0.25) is 5.91 Å². The Bertz CT molecular complexity index is 551. The molecular weight excluding hydrogens is 342 g/mol. The predicted molar refractivity (Wildman–Crippen MR) is 98.0 cm³/mol. The second-order valence-electron chi connectivity index (χ2n) is 6.03. The third-order valence-corrected chi connectivity index (χ3v) is 4.28. The Kier molecular flexibility index (Phi) is 8.39. The number of hydrogen-bond donors (Lipinski definition) is 2. The van der Waals surface area contributed by atoms with Crippen molar-refractivity contribution in [3.05, 3.63) is 29.3 Å². The van der Waals surface area contributed by atoms with Crippen LogP contribution in [0.1, 0.15) is 32.1 Å². The first kappa shape index (κ1) is 19.4. The number of ether oxygens (including phenoxy) is 1. The van der Waals surface area contributed by atoms with Gasteiger partial charge in [-0.3, -0.25) is 4.79 Å². The van der Waals surface area contributed by atoms with Crippen LogP contribution in [-0.4, -0.2) is 49.6 Å². The van der Waals surface area contributed by atoms with Gasteiger partial charge in [0.1, 0.15) is 12.4 Å². The van der Waals surface area contributed by atoms with Crippen molar-refractivity contribution in [2.75, 3.05) is 32.8 Å². The molecule has 0 unspecified atom stereocenters. The van der Waals surface area contributed by atoms with E-state index in [9.17, 15) is 9.59 Å². The van der Waals surface area contributed by atoms with Gasteiger partial charge in [-0.15, -0.1) is 0 Å². The molecule has 1 aromatic carbocycles. The summed E-state index contributed by atoms with van der Waals surface area (Å²) < 4.78 is 5.49. The maximum atomic E-state index is 11.9. The Balaban J connectivity index is 1.50. The summed E-state index contributed by atoms with van der Waals surface area (Å²) in [6, 6.07) is 6.86. The lowest BCUT2D eigenvalue weighted by Crippen LogP contribution is -2.39. The summed E-state index contributed by atoms with van der Waals surface area (Å²) in [6.07, 6.45) is 4.62. The third-order valence-electron chi connectivity index (χ3n) is 4.03. The molecule has 0 spiro atoms. The van der Waals surface area contributed by atoms with Crippen LogP contribution in [0, 0.1) is 0 Å². The Morgan fingerprint density at radius 1 is 1.12 bits per heavy atom. The van der Waals surface area contributed by atoms with Gasteiger partial charge in [0.25, 0.3) is 0 Å². The number of urea groups is 1. The number of hydrogen-bond acceptors (Lipinski definition) is 3. The average molecular weight is 368 g/mol. The van der Waals surface area contributed by atoms with Gasteiger partial charge in [-0.05, 0) is 43.5 Å². The number of likely N-dealkylation sites (tertiary alicyclic amines) is 1. The molecular formula is C18H26ClN3O3. The Labute approximate surface area is 153 Å². The van der Waals surface area contributed by atoms with Crippen LogP contribution in [0.4, 0.5) is 4.79 Å². The molecule has 0 bridgehead atoms. The van der Waals surface area contributed by atoms with Crippen LogP contribution >= 0.6 is 11.6 Å². The summed E-state index contributed by atoms with van der Waals surface area (Å²) in [5.41, 5.74) is 0. The Morgan fingerprint density at radius 2 is 1.88 bits per heavy atom. The highest BCUT2D eigenvalue weighted by Gasteiger charge is 2.15. The zero-order chi connectivity index (χ0) is 17.9. The second-order valence-corrected chi connectivity index (χ2v) is 6.47. The largest absolute Gasteiger partial charge is 0.492 e. The van der Waals surface area contributed by atoms with E-state index in [4.69, 9.17) is 16.3 Å². The van der Waals surface area contributed by atoms with Gasteiger partial charge in [-0.2, -0.15) is 0 Å². The number of carbonyl (C=O) groups excluding carboxylic acids is 2. The van der Waals surface area contributed by atoms with E-state index in [1.54, 1.807) is 24.3 Å². The van der Waals surface area contributed by atoms with Crippen LogP contribution in [0.25, 0.3) is 0 Å². The van der Waals surface area contributed by atoms with Crippen LogP contribution in [0.3, 0.4) is 0 Å². The fourth-order valence-electron chi connectivity index (χ4n) is 2.67. The van der Waals surface area contributed by atoms with E-state index in [1.807, 2.05) is 4.90 Å². The number of amides is 3. The van der Waals surface area contributed by atoms with Gasteiger partial charge >= 0.3 is 6.03 Å². The molecule has 0 radical (unpaired) electrons. The van der Waals surface area contributed by atoms with Gasteiger partial charge in [0.15, 0.2) is 0 Å². The number of benzene rings is 1. The first-order valence-electron chi connectivity index (χ1n) is 8.83. The highest BCUT2D eigenvalue weighted by Crippen LogP contribution is 2.15. The number of halogens is 1. The van der Waals surface area contributed by atoms with Crippen molar-refractivity contribution in [3.8, 4) is 5.75 Å². The average Bonchev–Trinajstić information content (AvgIpc) is 2.81. The zero-order valence-corrected chi connectivity index (χ0v) is 15.2. The van der Waals surface area contributed by atoms with Crippen molar-refractivity contribution in [1.29, 1.82) is 0 Å². The number of nitrogens with one attached hydrogen (secondary N) is 2. The third kappa shape index (κ3) is 7.65. The van der Waals surface area contributed by atoms with Crippen molar-refractivity contribution < 1.29 is 14.3 Å². The van der Waals surface area contributed by atoms with Gasteiger partial charge in [-0.25, -0.2) is 4.79 Å². The summed E-state index contributed by atoms with van der Waals surface area (Å²) in [5, 5.41) is 6.20. The molecule has 1 aliphatic rings. The molecule has 1 heterocycles. The summed E-state index contributed by atoms with van der Waals surface area (Å²) in [5.74, 6) is 0.954. The molecule has 0 atom stereocenters. The number of carbonyl (C=O) groups is 2. The van der Waals surface area contributed by atoms with E-state index in [2.05, 4.69) is 10.6 Å². The number of nitrogens with zero attached hydrogens (tertiary/aromatic N) is 1. The molecule has 1 aliphatic heterocycles. The molecule has 2 rings (SSSR count). The lowest BCUT2D eigenvalue weighted by molar-refractivity contribution is -0.130. The van der Waals surface area contributed by atoms with E-state index < -0.39 is 0 Å². The highest BCUT2D eigenvalue weighted by atomic mass is 35.5. The van der Waals surface area contributed by atoms with Crippen LogP contribution in [0.2, 0.25) is 5.02 Å². The zero-order valence-electron chi connectivity index (χ0n) is 14.4. The van der Waals surface area contributed by atoms with Crippen molar-refractivity contribution >= 4 is 23.5 Å². The number of rotatable bonds is 8. The lowest BCUT2D eigenvalue weighted by atomic mass is 10.2. The maximum absolute atomic E-state index is 11.9. The quantitative estimate of drug-likeness (QED) is 0.694. The molecule has 1 saturated heterocycles. The molecule has 3 amide bonds. The minimum Gasteiger partial charge on any atom is -0.492 e. The molecule has 25 heavy (non-hydrogen) atoms. The summed E-state index contributed by atoms with van der Waals surface area (Å²) in [7, 11) is 0. The molecule has 1 aromatic rings. The van der Waals surface area contributed by atoms with E-state index >= 15 is 0 Å². The topological polar surface area (TPSA) is 70.7 Å². The van der Waals surface area contributed by atoms with Crippen molar-refractivity contribution in [2.24, 2.45) is 0 Å². The first-order chi connectivity index (χ1) is 12.1. The smallest absolute Gasteiger partial charge is 0.314 e. The minimum atomic E-state index is -0.220. The molecule has 0 aromatic heterocycles. The SMILES string of the molecule is O=C(NCCCN1CCCCCC1=O)NCCOc1ccc(Cl)cc1.